The Morgan fingerprint density at radius 3 is 3.19 bits per heavy atom. The number of thioether (sulfide) groups is 1. The van der Waals surface area contributed by atoms with E-state index < -0.39 is 0 Å². The molecule has 0 bridgehead atoms. The van der Waals surface area contributed by atoms with Crippen molar-refractivity contribution in [2.45, 2.75) is 31.6 Å². The first-order chi connectivity index (χ1) is 10.3. The summed E-state index contributed by atoms with van der Waals surface area (Å²) in [6, 6.07) is 4.10. The molecule has 0 unspecified atom stereocenters. The van der Waals surface area contributed by atoms with Crippen molar-refractivity contribution in [3.05, 3.63) is 39.5 Å². The predicted molar refractivity (Wildman–Crippen MR) is 89.0 cm³/mol. The van der Waals surface area contributed by atoms with Crippen LogP contribution in [0.1, 0.15) is 27.6 Å². The number of hydrogen-bond donors (Lipinski definition) is 2. The van der Waals surface area contributed by atoms with Gasteiger partial charge < -0.3 is 10.4 Å². The van der Waals surface area contributed by atoms with E-state index in [0.29, 0.717) is 0 Å². The monoisotopic (exact) mass is 321 g/mol. The Morgan fingerprint density at radius 2 is 2.33 bits per heavy atom. The van der Waals surface area contributed by atoms with Crippen molar-refractivity contribution in [1.29, 1.82) is 0 Å². The summed E-state index contributed by atoms with van der Waals surface area (Å²) in [5.41, 5.74) is 2.53. The van der Waals surface area contributed by atoms with Gasteiger partial charge in [0.2, 0.25) is 0 Å². The highest BCUT2D eigenvalue weighted by atomic mass is 32.2. The zero-order valence-electron chi connectivity index (χ0n) is 11.8. The first kappa shape index (κ1) is 14.8. The van der Waals surface area contributed by atoms with Crippen LogP contribution in [0.3, 0.4) is 0 Å². The summed E-state index contributed by atoms with van der Waals surface area (Å²) >= 11 is 3.56. The second kappa shape index (κ2) is 7.24. The molecule has 0 fully saturated rings. The molecule has 0 aromatic carbocycles. The normalized spacial score (nSPS) is 13.4. The zero-order valence-corrected chi connectivity index (χ0v) is 13.5. The smallest absolute Gasteiger partial charge is 0.126 e. The Hall–Kier alpha value is -1.11. The number of rotatable bonds is 7. The minimum absolute atomic E-state index is 0.232. The van der Waals surface area contributed by atoms with Crippen molar-refractivity contribution in [2.75, 3.05) is 17.7 Å². The third kappa shape index (κ3) is 3.96. The van der Waals surface area contributed by atoms with E-state index in [-0.39, 0.29) is 6.61 Å². The van der Waals surface area contributed by atoms with Crippen LogP contribution in [-0.2, 0) is 25.1 Å². The van der Waals surface area contributed by atoms with Crippen molar-refractivity contribution in [1.82, 2.24) is 9.97 Å². The third-order valence-corrected chi connectivity index (χ3v) is 5.56. The van der Waals surface area contributed by atoms with E-state index in [1.54, 1.807) is 11.8 Å². The van der Waals surface area contributed by atoms with Gasteiger partial charge >= 0.3 is 0 Å². The van der Waals surface area contributed by atoms with Crippen molar-refractivity contribution in [3.63, 3.8) is 0 Å². The zero-order chi connectivity index (χ0) is 14.5. The standard InChI is InChI=1S/C15H19N3OS2/c19-6-7-20-10-11-4-5-16-14(8-11)17-9-15-18-12-2-1-3-13(12)21-15/h4-5,8,19H,1-3,6-7,9-10H2,(H,16,17). The summed E-state index contributed by atoms with van der Waals surface area (Å²) < 4.78 is 0. The highest BCUT2D eigenvalue weighted by Gasteiger charge is 2.16. The van der Waals surface area contributed by atoms with Crippen LogP contribution < -0.4 is 5.32 Å². The SMILES string of the molecule is OCCSCc1ccnc(NCc2nc3c(s2)CCC3)c1. The van der Waals surface area contributed by atoms with Gasteiger partial charge in [0.05, 0.1) is 18.8 Å². The molecule has 0 saturated heterocycles. The first-order valence-electron chi connectivity index (χ1n) is 7.20. The number of pyridine rings is 1. The Morgan fingerprint density at radius 1 is 1.38 bits per heavy atom. The van der Waals surface area contributed by atoms with Crippen molar-refractivity contribution < 1.29 is 5.11 Å². The van der Waals surface area contributed by atoms with Crippen molar-refractivity contribution in [2.24, 2.45) is 0 Å². The lowest BCUT2D eigenvalue weighted by Gasteiger charge is -2.06. The maximum Gasteiger partial charge on any atom is 0.126 e. The molecule has 2 heterocycles. The fourth-order valence-corrected chi connectivity index (χ4v) is 4.19. The van der Waals surface area contributed by atoms with E-state index in [4.69, 9.17) is 5.11 Å². The van der Waals surface area contributed by atoms with Crippen LogP contribution in [0.15, 0.2) is 18.3 Å². The topological polar surface area (TPSA) is 58.0 Å². The average molecular weight is 321 g/mol. The van der Waals surface area contributed by atoms with Crippen LogP contribution in [-0.4, -0.2) is 27.4 Å². The number of nitrogens with one attached hydrogen (secondary N) is 1. The Bertz CT molecular complexity index is 579. The lowest BCUT2D eigenvalue weighted by atomic mass is 10.3. The predicted octanol–water partition coefficient (Wildman–Crippen LogP) is 2.86. The lowest BCUT2D eigenvalue weighted by Crippen LogP contribution is -2.01. The highest BCUT2D eigenvalue weighted by Crippen LogP contribution is 2.27. The van der Waals surface area contributed by atoms with Crippen LogP contribution in [0.2, 0.25) is 0 Å². The van der Waals surface area contributed by atoms with Crippen LogP contribution >= 0.6 is 23.1 Å². The molecule has 6 heteroatoms. The fraction of sp³-hybridized carbons (Fsp3) is 0.467. The number of hydrogen-bond acceptors (Lipinski definition) is 6. The lowest BCUT2D eigenvalue weighted by molar-refractivity contribution is 0.322. The van der Waals surface area contributed by atoms with E-state index >= 15 is 0 Å². The summed E-state index contributed by atoms with van der Waals surface area (Å²) in [6.07, 6.45) is 5.43. The van der Waals surface area contributed by atoms with Gasteiger partial charge in [0.15, 0.2) is 0 Å². The third-order valence-electron chi connectivity index (χ3n) is 3.39. The Labute approximate surface area is 133 Å². The summed E-state index contributed by atoms with van der Waals surface area (Å²) in [5.74, 6) is 2.58. The molecule has 0 aliphatic heterocycles. The molecule has 0 amide bonds. The summed E-state index contributed by atoms with van der Waals surface area (Å²) in [6.45, 7) is 0.980. The number of aromatic nitrogens is 2. The molecule has 21 heavy (non-hydrogen) atoms. The van der Waals surface area contributed by atoms with Crippen LogP contribution in [0.25, 0.3) is 0 Å². The van der Waals surface area contributed by atoms with Crippen LogP contribution in [0, 0.1) is 0 Å². The van der Waals surface area contributed by atoms with E-state index in [1.807, 2.05) is 23.6 Å². The molecule has 0 radical (unpaired) electrons. The van der Waals surface area contributed by atoms with Gasteiger partial charge in [-0.25, -0.2) is 9.97 Å². The maximum absolute atomic E-state index is 8.81. The number of aryl methyl sites for hydroxylation is 2. The average Bonchev–Trinajstić information content (AvgIpc) is 3.07. The molecule has 112 valence electrons. The second-order valence-corrected chi connectivity index (χ2v) is 7.28. The maximum atomic E-state index is 8.81. The molecule has 2 aromatic rings. The first-order valence-corrected chi connectivity index (χ1v) is 9.17. The van der Waals surface area contributed by atoms with Gasteiger partial charge in [-0.05, 0) is 37.0 Å². The molecule has 0 saturated carbocycles. The summed E-state index contributed by atoms with van der Waals surface area (Å²) in [4.78, 5) is 10.5. The van der Waals surface area contributed by atoms with E-state index in [9.17, 15) is 0 Å². The van der Waals surface area contributed by atoms with Gasteiger partial charge in [-0.3, -0.25) is 0 Å². The Balaban J connectivity index is 1.55. The fourth-order valence-electron chi connectivity index (χ4n) is 2.40. The number of fused-ring (bicyclic) bond motifs is 1. The number of anilines is 1. The molecule has 1 aliphatic carbocycles. The van der Waals surface area contributed by atoms with Crippen LogP contribution in [0.5, 0.6) is 0 Å². The molecule has 0 spiro atoms. The van der Waals surface area contributed by atoms with Crippen molar-refractivity contribution >= 4 is 28.9 Å². The molecular formula is C15H19N3OS2. The molecular weight excluding hydrogens is 302 g/mol. The number of aliphatic hydroxyl groups is 1. The molecule has 1 aliphatic rings. The number of thiazole rings is 1. The largest absolute Gasteiger partial charge is 0.396 e. The van der Waals surface area contributed by atoms with E-state index in [0.717, 1.165) is 35.3 Å². The Kier molecular flexibility index (Phi) is 5.11. The number of nitrogens with zero attached hydrogens (tertiary/aromatic N) is 2. The van der Waals surface area contributed by atoms with Gasteiger partial charge in [-0.15, -0.1) is 11.3 Å². The van der Waals surface area contributed by atoms with Crippen molar-refractivity contribution in [3.8, 4) is 0 Å². The molecule has 0 atom stereocenters. The quantitative estimate of drug-likeness (QED) is 0.768. The minimum Gasteiger partial charge on any atom is -0.396 e. The summed E-state index contributed by atoms with van der Waals surface area (Å²) in [7, 11) is 0. The van der Waals surface area contributed by atoms with Gasteiger partial charge in [0, 0.05) is 22.6 Å². The van der Waals surface area contributed by atoms with Gasteiger partial charge in [0.25, 0.3) is 0 Å². The number of aliphatic hydroxyl groups excluding tert-OH is 1. The molecule has 4 nitrogen and oxygen atoms in total. The summed E-state index contributed by atoms with van der Waals surface area (Å²) in [5, 5.41) is 13.3. The highest BCUT2D eigenvalue weighted by molar-refractivity contribution is 7.98. The molecule has 2 aromatic heterocycles. The molecule has 2 N–H and O–H groups in total. The molecule has 3 rings (SSSR count). The van der Waals surface area contributed by atoms with Gasteiger partial charge in [-0.2, -0.15) is 11.8 Å². The van der Waals surface area contributed by atoms with E-state index in [1.165, 1.54) is 29.0 Å². The minimum atomic E-state index is 0.232. The van der Waals surface area contributed by atoms with Crippen LogP contribution in [0.4, 0.5) is 5.82 Å². The second-order valence-electron chi connectivity index (χ2n) is 5.01. The van der Waals surface area contributed by atoms with Gasteiger partial charge in [0.1, 0.15) is 10.8 Å². The van der Waals surface area contributed by atoms with E-state index in [2.05, 4.69) is 21.4 Å². The van der Waals surface area contributed by atoms with Gasteiger partial charge in [-0.1, -0.05) is 0 Å².